The summed E-state index contributed by atoms with van der Waals surface area (Å²) in [6.45, 7) is 2.05. The standard InChI is InChI=1S/C16H18FN3O2/c1-10-18-15(8-16(22)19-10)20(13-6-7-13)9-14(21)11-2-4-12(17)5-3-11/h2-5,8,13-14,21H,6-7,9H2,1H3,(H,18,19,22). The average molecular weight is 303 g/mol. The number of rotatable bonds is 5. The van der Waals surface area contributed by atoms with Crippen LogP contribution in [0.25, 0.3) is 0 Å². The van der Waals surface area contributed by atoms with Gasteiger partial charge in [0.1, 0.15) is 17.5 Å². The number of nitrogens with zero attached hydrogens (tertiary/aromatic N) is 2. The Kier molecular flexibility index (Phi) is 3.94. The van der Waals surface area contributed by atoms with Gasteiger partial charge in [-0.05, 0) is 37.5 Å². The number of aryl methyl sites for hydroxylation is 1. The van der Waals surface area contributed by atoms with E-state index in [-0.39, 0.29) is 11.4 Å². The van der Waals surface area contributed by atoms with Crippen molar-refractivity contribution in [1.82, 2.24) is 9.97 Å². The molecular formula is C16H18FN3O2. The second-order valence-corrected chi connectivity index (χ2v) is 5.64. The van der Waals surface area contributed by atoms with E-state index in [1.165, 1.54) is 18.2 Å². The first-order valence-corrected chi connectivity index (χ1v) is 7.31. The van der Waals surface area contributed by atoms with Gasteiger partial charge in [-0.25, -0.2) is 9.37 Å². The normalized spacial score (nSPS) is 15.6. The van der Waals surface area contributed by atoms with Gasteiger partial charge < -0.3 is 15.0 Å². The number of hydrogen-bond acceptors (Lipinski definition) is 4. The fourth-order valence-corrected chi connectivity index (χ4v) is 2.50. The van der Waals surface area contributed by atoms with Crippen LogP contribution < -0.4 is 10.5 Å². The largest absolute Gasteiger partial charge is 0.387 e. The molecule has 0 amide bonds. The molecule has 0 aliphatic heterocycles. The lowest BCUT2D eigenvalue weighted by Gasteiger charge is -2.26. The third kappa shape index (κ3) is 3.33. The van der Waals surface area contributed by atoms with Gasteiger partial charge in [-0.1, -0.05) is 12.1 Å². The van der Waals surface area contributed by atoms with Crippen molar-refractivity contribution in [3.05, 3.63) is 57.9 Å². The fraction of sp³-hybridized carbons (Fsp3) is 0.375. The quantitative estimate of drug-likeness (QED) is 0.885. The van der Waals surface area contributed by atoms with E-state index in [1.54, 1.807) is 19.1 Å². The zero-order valence-electron chi connectivity index (χ0n) is 12.3. The van der Waals surface area contributed by atoms with Crippen LogP contribution in [0.2, 0.25) is 0 Å². The summed E-state index contributed by atoms with van der Waals surface area (Å²) in [4.78, 5) is 20.6. The van der Waals surface area contributed by atoms with Gasteiger partial charge in [0.25, 0.3) is 5.56 Å². The Morgan fingerprint density at radius 2 is 2.09 bits per heavy atom. The first-order chi connectivity index (χ1) is 10.5. The van der Waals surface area contributed by atoms with Gasteiger partial charge in [-0.3, -0.25) is 4.79 Å². The van der Waals surface area contributed by atoms with Crippen LogP contribution in [0.4, 0.5) is 10.2 Å². The van der Waals surface area contributed by atoms with Crippen LogP contribution in [0, 0.1) is 12.7 Å². The molecule has 1 aromatic heterocycles. The minimum absolute atomic E-state index is 0.204. The summed E-state index contributed by atoms with van der Waals surface area (Å²) in [6, 6.07) is 7.54. The topological polar surface area (TPSA) is 69.2 Å². The molecule has 1 atom stereocenters. The maximum Gasteiger partial charge on any atom is 0.252 e. The lowest BCUT2D eigenvalue weighted by atomic mass is 10.1. The number of aliphatic hydroxyl groups excluding tert-OH is 1. The maximum absolute atomic E-state index is 13.0. The van der Waals surface area contributed by atoms with E-state index in [9.17, 15) is 14.3 Å². The predicted octanol–water partition coefficient (Wildman–Crippen LogP) is 1.92. The Labute approximate surface area is 127 Å². The molecule has 2 N–H and O–H groups in total. The number of aliphatic hydroxyl groups is 1. The second-order valence-electron chi connectivity index (χ2n) is 5.64. The van der Waals surface area contributed by atoms with Crippen LogP contribution in [0.15, 0.2) is 35.1 Å². The number of nitrogens with one attached hydrogen (secondary N) is 1. The molecule has 6 heteroatoms. The summed E-state index contributed by atoms with van der Waals surface area (Å²) in [5, 5.41) is 10.4. The third-order valence-corrected chi connectivity index (χ3v) is 3.75. The summed E-state index contributed by atoms with van der Waals surface area (Å²) < 4.78 is 13.0. The van der Waals surface area contributed by atoms with E-state index >= 15 is 0 Å². The van der Waals surface area contributed by atoms with Crippen LogP contribution >= 0.6 is 0 Å². The van der Waals surface area contributed by atoms with E-state index in [1.807, 2.05) is 4.90 Å². The van der Waals surface area contributed by atoms with Gasteiger partial charge in [0.15, 0.2) is 0 Å². The number of H-pyrrole nitrogens is 1. The Hall–Kier alpha value is -2.21. The van der Waals surface area contributed by atoms with Crippen molar-refractivity contribution in [3.8, 4) is 0 Å². The smallest absolute Gasteiger partial charge is 0.252 e. The van der Waals surface area contributed by atoms with Gasteiger partial charge in [0.2, 0.25) is 0 Å². The highest BCUT2D eigenvalue weighted by atomic mass is 19.1. The summed E-state index contributed by atoms with van der Waals surface area (Å²) in [5.41, 5.74) is 0.443. The summed E-state index contributed by atoms with van der Waals surface area (Å²) in [5.74, 6) is 0.788. The number of hydrogen-bond donors (Lipinski definition) is 2. The van der Waals surface area contributed by atoms with Crippen molar-refractivity contribution in [2.45, 2.75) is 31.9 Å². The van der Waals surface area contributed by atoms with Gasteiger partial charge in [-0.2, -0.15) is 0 Å². The Morgan fingerprint density at radius 1 is 1.41 bits per heavy atom. The molecule has 1 saturated carbocycles. The molecule has 3 rings (SSSR count). The molecule has 1 aromatic carbocycles. The number of aromatic amines is 1. The molecule has 1 unspecified atom stereocenters. The van der Waals surface area contributed by atoms with Crippen LogP contribution in [0.1, 0.15) is 30.3 Å². The van der Waals surface area contributed by atoms with E-state index in [0.29, 0.717) is 29.8 Å². The maximum atomic E-state index is 13.0. The first kappa shape index (κ1) is 14.7. The summed E-state index contributed by atoms with van der Waals surface area (Å²) in [6.07, 6.45) is 1.27. The summed E-state index contributed by atoms with van der Waals surface area (Å²) >= 11 is 0. The van der Waals surface area contributed by atoms with E-state index in [4.69, 9.17) is 0 Å². The van der Waals surface area contributed by atoms with Crippen molar-refractivity contribution in [2.24, 2.45) is 0 Å². The van der Waals surface area contributed by atoms with Crippen LogP contribution in [0.5, 0.6) is 0 Å². The second kappa shape index (κ2) is 5.88. The highest BCUT2D eigenvalue weighted by Gasteiger charge is 2.32. The molecule has 0 saturated heterocycles. The molecule has 0 bridgehead atoms. The highest BCUT2D eigenvalue weighted by molar-refractivity contribution is 5.41. The number of anilines is 1. The van der Waals surface area contributed by atoms with Gasteiger partial charge in [0.05, 0.1) is 6.10 Å². The molecule has 2 aromatic rings. The zero-order chi connectivity index (χ0) is 15.7. The lowest BCUT2D eigenvalue weighted by molar-refractivity contribution is 0.182. The fourth-order valence-electron chi connectivity index (χ4n) is 2.50. The van der Waals surface area contributed by atoms with Crippen LogP contribution in [0.3, 0.4) is 0 Å². The summed E-state index contributed by atoms with van der Waals surface area (Å²) in [7, 11) is 0. The SMILES string of the molecule is Cc1nc(N(CC(O)c2ccc(F)cc2)C2CC2)cc(=O)[nH]1. The molecule has 1 aliphatic carbocycles. The molecule has 116 valence electrons. The van der Waals surface area contributed by atoms with E-state index < -0.39 is 6.10 Å². The van der Waals surface area contributed by atoms with Crippen LogP contribution in [-0.2, 0) is 0 Å². The van der Waals surface area contributed by atoms with Crippen molar-refractivity contribution < 1.29 is 9.50 Å². The highest BCUT2D eigenvalue weighted by Crippen LogP contribution is 2.32. The van der Waals surface area contributed by atoms with Gasteiger partial charge >= 0.3 is 0 Å². The molecule has 0 spiro atoms. The Bertz CT molecular complexity index is 710. The Balaban J connectivity index is 1.82. The number of aromatic nitrogens is 2. The molecule has 1 aliphatic rings. The molecule has 0 radical (unpaired) electrons. The minimum Gasteiger partial charge on any atom is -0.387 e. The molecule has 1 fully saturated rings. The van der Waals surface area contributed by atoms with Crippen molar-refractivity contribution in [2.75, 3.05) is 11.4 Å². The van der Waals surface area contributed by atoms with E-state index in [2.05, 4.69) is 9.97 Å². The predicted molar refractivity (Wildman–Crippen MR) is 81.3 cm³/mol. The van der Waals surface area contributed by atoms with Crippen molar-refractivity contribution in [3.63, 3.8) is 0 Å². The number of halogens is 1. The molecule has 22 heavy (non-hydrogen) atoms. The van der Waals surface area contributed by atoms with Crippen molar-refractivity contribution in [1.29, 1.82) is 0 Å². The third-order valence-electron chi connectivity index (χ3n) is 3.75. The lowest BCUT2D eigenvalue weighted by Crippen LogP contribution is -2.32. The number of benzene rings is 1. The Morgan fingerprint density at radius 3 is 2.68 bits per heavy atom. The molecule has 5 nitrogen and oxygen atoms in total. The monoisotopic (exact) mass is 303 g/mol. The zero-order valence-corrected chi connectivity index (χ0v) is 12.3. The minimum atomic E-state index is -0.761. The average Bonchev–Trinajstić information content (AvgIpc) is 3.28. The van der Waals surface area contributed by atoms with E-state index in [0.717, 1.165) is 12.8 Å². The van der Waals surface area contributed by atoms with Gasteiger partial charge in [0, 0.05) is 18.7 Å². The molecular weight excluding hydrogens is 285 g/mol. The first-order valence-electron chi connectivity index (χ1n) is 7.31. The van der Waals surface area contributed by atoms with Crippen molar-refractivity contribution >= 4 is 5.82 Å². The van der Waals surface area contributed by atoms with Crippen LogP contribution in [-0.4, -0.2) is 27.7 Å². The molecule has 1 heterocycles. The van der Waals surface area contributed by atoms with Gasteiger partial charge in [-0.15, -0.1) is 0 Å².